The molecule has 0 bridgehead atoms. The first-order valence-electron chi connectivity index (χ1n) is 13.9. The standard InChI is InChI=1S/C29H39N3O6/c33-28(10-8-23-4-1-2-5-23)31(12-11-30-13-16-35-17-14-30)21-29(34)32(20-25-6-3-15-36-25)19-24-7-9-26-27(18-24)38-22-37-26/h3,6-7,9,15,18,23H,1-2,4-5,8,10-14,16-17,19-22H2. The lowest BCUT2D eigenvalue weighted by Crippen LogP contribution is -2.47. The summed E-state index contributed by atoms with van der Waals surface area (Å²) in [4.78, 5) is 33.0. The van der Waals surface area contributed by atoms with Crippen molar-refractivity contribution in [2.45, 2.75) is 51.6 Å². The number of rotatable bonds is 12. The van der Waals surface area contributed by atoms with Gasteiger partial charge in [0.2, 0.25) is 18.6 Å². The quantitative estimate of drug-likeness (QED) is 0.418. The van der Waals surface area contributed by atoms with Crippen molar-refractivity contribution >= 4 is 11.8 Å². The molecule has 2 aromatic rings. The number of amides is 2. The summed E-state index contributed by atoms with van der Waals surface area (Å²) in [5.41, 5.74) is 0.932. The smallest absolute Gasteiger partial charge is 0.242 e. The van der Waals surface area contributed by atoms with E-state index in [1.54, 1.807) is 16.1 Å². The predicted molar refractivity (Wildman–Crippen MR) is 141 cm³/mol. The minimum absolute atomic E-state index is 0.0547. The fourth-order valence-corrected chi connectivity index (χ4v) is 5.51. The Morgan fingerprint density at radius 2 is 1.76 bits per heavy atom. The molecule has 0 radical (unpaired) electrons. The molecule has 9 heteroatoms. The average molecular weight is 526 g/mol. The van der Waals surface area contributed by atoms with E-state index >= 15 is 0 Å². The van der Waals surface area contributed by atoms with E-state index in [1.165, 1.54) is 25.7 Å². The summed E-state index contributed by atoms with van der Waals surface area (Å²) in [5.74, 6) is 2.69. The average Bonchev–Trinajstić information content (AvgIpc) is 3.73. The molecular weight excluding hydrogens is 486 g/mol. The van der Waals surface area contributed by atoms with Crippen molar-refractivity contribution in [2.24, 2.45) is 5.92 Å². The molecule has 1 saturated carbocycles. The monoisotopic (exact) mass is 525 g/mol. The molecule has 1 aromatic carbocycles. The minimum atomic E-state index is -0.102. The zero-order valence-electron chi connectivity index (χ0n) is 22.1. The summed E-state index contributed by atoms with van der Waals surface area (Å²) in [5, 5.41) is 0. The number of furan rings is 1. The van der Waals surface area contributed by atoms with Gasteiger partial charge in [0, 0.05) is 39.1 Å². The summed E-state index contributed by atoms with van der Waals surface area (Å²) in [7, 11) is 0. The number of hydrogen-bond donors (Lipinski definition) is 0. The molecule has 2 fully saturated rings. The third-order valence-electron chi connectivity index (χ3n) is 7.80. The van der Waals surface area contributed by atoms with Crippen LogP contribution in [0.25, 0.3) is 0 Å². The van der Waals surface area contributed by atoms with Gasteiger partial charge in [0.1, 0.15) is 5.76 Å². The number of carbonyl (C=O) groups excluding carboxylic acids is 2. The van der Waals surface area contributed by atoms with Crippen molar-refractivity contribution in [2.75, 3.05) is 52.7 Å². The Kier molecular flexibility index (Phi) is 9.19. The number of carbonyl (C=O) groups is 2. The Balaban J connectivity index is 1.26. The number of benzene rings is 1. The maximum Gasteiger partial charge on any atom is 0.242 e. The maximum atomic E-state index is 13.7. The van der Waals surface area contributed by atoms with Crippen LogP contribution in [0, 0.1) is 5.92 Å². The van der Waals surface area contributed by atoms with Crippen LogP contribution < -0.4 is 9.47 Å². The normalized spacial score (nSPS) is 17.6. The third-order valence-corrected chi connectivity index (χ3v) is 7.80. The zero-order valence-corrected chi connectivity index (χ0v) is 22.1. The molecule has 3 heterocycles. The van der Waals surface area contributed by atoms with Crippen LogP contribution >= 0.6 is 0 Å². The summed E-state index contributed by atoms with van der Waals surface area (Å²) in [6.45, 7) is 5.37. The molecule has 2 amide bonds. The number of fused-ring (bicyclic) bond motifs is 1. The van der Waals surface area contributed by atoms with E-state index < -0.39 is 0 Å². The first-order valence-corrected chi connectivity index (χ1v) is 13.9. The van der Waals surface area contributed by atoms with Crippen molar-refractivity contribution in [1.82, 2.24) is 14.7 Å². The molecule has 0 spiro atoms. The van der Waals surface area contributed by atoms with E-state index in [1.807, 2.05) is 30.3 Å². The Bertz CT molecular complexity index is 1050. The van der Waals surface area contributed by atoms with Gasteiger partial charge in [-0.05, 0) is 42.2 Å². The summed E-state index contributed by atoms with van der Waals surface area (Å²) >= 11 is 0. The van der Waals surface area contributed by atoms with E-state index in [9.17, 15) is 9.59 Å². The van der Waals surface area contributed by atoms with Gasteiger partial charge < -0.3 is 28.4 Å². The minimum Gasteiger partial charge on any atom is -0.467 e. The number of hydrogen-bond acceptors (Lipinski definition) is 7. The molecule has 2 aliphatic heterocycles. The molecule has 5 rings (SSSR count). The molecule has 1 saturated heterocycles. The zero-order chi connectivity index (χ0) is 26.2. The van der Waals surface area contributed by atoms with Crippen LogP contribution in [0.4, 0.5) is 0 Å². The molecule has 38 heavy (non-hydrogen) atoms. The fourth-order valence-electron chi connectivity index (χ4n) is 5.51. The Labute approximate surface area is 224 Å². The van der Waals surface area contributed by atoms with Gasteiger partial charge >= 0.3 is 0 Å². The van der Waals surface area contributed by atoms with Gasteiger partial charge in [0.25, 0.3) is 0 Å². The van der Waals surface area contributed by atoms with Gasteiger partial charge in [-0.15, -0.1) is 0 Å². The van der Waals surface area contributed by atoms with Crippen molar-refractivity contribution < 1.29 is 28.2 Å². The fraction of sp³-hybridized carbons (Fsp3) is 0.586. The summed E-state index contributed by atoms with van der Waals surface area (Å²) in [6.07, 6.45) is 7.98. The lowest BCUT2D eigenvalue weighted by molar-refractivity contribution is -0.141. The van der Waals surface area contributed by atoms with Crippen LogP contribution in [0.2, 0.25) is 0 Å². The predicted octanol–water partition coefficient (Wildman–Crippen LogP) is 3.67. The molecule has 1 aromatic heterocycles. The molecule has 206 valence electrons. The van der Waals surface area contributed by atoms with Crippen LogP contribution in [0.1, 0.15) is 49.8 Å². The Hall–Kier alpha value is -3.04. The molecule has 9 nitrogen and oxygen atoms in total. The van der Waals surface area contributed by atoms with E-state index in [0.717, 1.165) is 31.6 Å². The number of morpholine rings is 1. The number of nitrogens with zero attached hydrogens (tertiary/aromatic N) is 3. The second kappa shape index (κ2) is 13.2. The highest BCUT2D eigenvalue weighted by molar-refractivity contribution is 5.85. The van der Waals surface area contributed by atoms with Crippen molar-refractivity contribution in [1.29, 1.82) is 0 Å². The molecule has 0 N–H and O–H groups in total. The van der Waals surface area contributed by atoms with Crippen LogP contribution in [0.5, 0.6) is 11.5 Å². The second-order valence-electron chi connectivity index (χ2n) is 10.5. The van der Waals surface area contributed by atoms with Gasteiger partial charge in [-0.25, -0.2) is 0 Å². The first kappa shape index (κ1) is 26.6. The molecular formula is C29H39N3O6. The Morgan fingerprint density at radius 1 is 0.947 bits per heavy atom. The topological polar surface area (TPSA) is 84.7 Å². The highest BCUT2D eigenvalue weighted by Gasteiger charge is 2.25. The highest BCUT2D eigenvalue weighted by Crippen LogP contribution is 2.33. The molecule has 0 unspecified atom stereocenters. The maximum absolute atomic E-state index is 13.7. The lowest BCUT2D eigenvalue weighted by Gasteiger charge is -2.31. The van der Waals surface area contributed by atoms with Crippen molar-refractivity contribution in [3.05, 3.63) is 47.9 Å². The van der Waals surface area contributed by atoms with Crippen LogP contribution in [0.3, 0.4) is 0 Å². The van der Waals surface area contributed by atoms with Gasteiger partial charge in [-0.2, -0.15) is 0 Å². The van der Waals surface area contributed by atoms with Gasteiger partial charge in [-0.1, -0.05) is 31.7 Å². The van der Waals surface area contributed by atoms with E-state index in [0.29, 0.717) is 62.4 Å². The van der Waals surface area contributed by atoms with Gasteiger partial charge in [0.15, 0.2) is 11.5 Å². The van der Waals surface area contributed by atoms with E-state index in [4.69, 9.17) is 18.6 Å². The second-order valence-corrected chi connectivity index (χ2v) is 10.5. The van der Waals surface area contributed by atoms with Gasteiger partial charge in [-0.3, -0.25) is 14.5 Å². The van der Waals surface area contributed by atoms with E-state index in [-0.39, 0.29) is 25.2 Å². The van der Waals surface area contributed by atoms with Crippen LogP contribution in [-0.4, -0.2) is 79.2 Å². The van der Waals surface area contributed by atoms with Crippen molar-refractivity contribution in [3.63, 3.8) is 0 Å². The molecule has 1 aliphatic carbocycles. The summed E-state index contributed by atoms with van der Waals surface area (Å²) in [6, 6.07) is 9.41. The Morgan fingerprint density at radius 3 is 2.55 bits per heavy atom. The van der Waals surface area contributed by atoms with E-state index in [2.05, 4.69) is 4.90 Å². The molecule has 0 atom stereocenters. The van der Waals surface area contributed by atoms with Crippen LogP contribution in [0.15, 0.2) is 41.0 Å². The van der Waals surface area contributed by atoms with Crippen molar-refractivity contribution in [3.8, 4) is 11.5 Å². The van der Waals surface area contributed by atoms with Gasteiger partial charge in [0.05, 0.1) is 32.6 Å². The first-order chi connectivity index (χ1) is 18.6. The SMILES string of the molecule is O=C(CCC1CCCC1)N(CCN1CCOCC1)CC(=O)N(Cc1ccc2c(c1)OCO2)Cc1ccco1. The largest absolute Gasteiger partial charge is 0.467 e. The lowest BCUT2D eigenvalue weighted by atomic mass is 10.0. The summed E-state index contributed by atoms with van der Waals surface area (Å²) < 4.78 is 22.0. The molecule has 3 aliphatic rings. The highest BCUT2D eigenvalue weighted by atomic mass is 16.7. The third kappa shape index (κ3) is 7.29. The van der Waals surface area contributed by atoms with Crippen LogP contribution in [-0.2, 0) is 27.4 Å². The number of ether oxygens (including phenoxy) is 3.